The second-order valence-electron chi connectivity index (χ2n) is 5.05. The number of nitrogens with one attached hydrogen (secondary N) is 1. The summed E-state index contributed by atoms with van der Waals surface area (Å²) < 4.78 is 5.83. The van der Waals surface area contributed by atoms with Gasteiger partial charge in [-0.3, -0.25) is 4.98 Å². The molecule has 1 aromatic rings. The van der Waals surface area contributed by atoms with Crippen LogP contribution in [0.2, 0.25) is 0 Å². The third kappa shape index (κ3) is 1.71. The van der Waals surface area contributed by atoms with Crippen molar-refractivity contribution in [3.63, 3.8) is 0 Å². The van der Waals surface area contributed by atoms with E-state index in [1.54, 1.807) is 18.6 Å². The normalized spacial score (nSPS) is 29.5. The zero-order chi connectivity index (χ0) is 11.7. The SMILES string of the molecule is CCO[C@H]1C[C@H](Nc2cnccn2)C12CCC2. The standard InChI is InChI=1S/C13H19N3O/c1-2-17-11-8-10(13(11)4-3-5-13)16-12-9-14-6-7-15-12/h6-7,9-11H,2-5,8H2,1H3,(H,15,16)/t10-,11-/m0/s1. The Morgan fingerprint density at radius 2 is 2.35 bits per heavy atom. The van der Waals surface area contributed by atoms with Crippen LogP contribution in [0, 0.1) is 5.41 Å². The van der Waals surface area contributed by atoms with E-state index >= 15 is 0 Å². The molecule has 1 spiro atoms. The highest BCUT2D eigenvalue weighted by atomic mass is 16.5. The van der Waals surface area contributed by atoms with Gasteiger partial charge >= 0.3 is 0 Å². The molecular formula is C13H19N3O. The Balaban J connectivity index is 1.66. The van der Waals surface area contributed by atoms with E-state index in [-0.39, 0.29) is 0 Å². The van der Waals surface area contributed by atoms with Crippen molar-refractivity contribution in [1.82, 2.24) is 9.97 Å². The average Bonchev–Trinajstić information content (AvgIpc) is 2.27. The average molecular weight is 233 g/mol. The van der Waals surface area contributed by atoms with Gasteiger partial charge in [0, 0.05) is 30.5 Å². The van der Waals surface area contributed by atoms with Crippen LogP contribution in [0.1, 0.15) is 32.6 Å². The highest BCUT2D eigenvalue weighted by molar-refractivity contribution is 5.35. The van der Waals surface area contributed by atoms with E-state index in [4.69, 9.17) is 4.74 Å². The minimum atomic E-state index is 0.382. The lowest BCUT2D eigenvalue weighted by molar-refractivity contribution is -0.157. The summed E-state index contributed by atoms with van der Waals surface area (Å²) in [5.74, 6) is 0.888. The number of rotatable bonds is 4. The molecule has 1 heterocycles. The Labute approximate surface area is 102 Å². The van der Waals surface area contributed by atoms with Crippen molar-refractivity contribution in [3.8, 4) is 0 Å². The number of hydrogen-bond donors (Lipinski definition) is 1. The second kappa shape index (κ2) is 4.26. The third-order valence-electron chi connectivity index (χ3n) is 4.32. The molecule has 3 rings (SSSR count). The first-order valence-electron chi connectivity index (χ1n) is 6.49. The van der Waals surface area contributed by atoms with Crippen molar-refractivity contribution in [1.29, 1.82) is 0 Å². The van der Waals surface area contributed by atoms with Gasteiger partial charge in [0.1, 0.15) is 5.82 Å². The monoisotopic (exact) mass is 233 g/mol. The summed E-state index contributed by atoms with van der Waals surface area (Å²) in [5.41, 5.74) is 0.382. The van der Waals surface area contributed by atoms with Crippen molar-refractivity contribution in [2.24, 2.45) is 5.41 Å². The molecule has 0 aromatic carbocycles. The first-order valence-corrected chi connectivity index (χ1v) is 6.49. The molecule has 2 saturated carbocycles. The maximum absolute atomic E-state index is 5.83. The summed E-state index contributed by atoms with van der Waals surface area (Å²) in [6.45, 7) is 2.90. The minimum absolute atomic E-state index is 0.382. The smallest absolute Gasteiger partial charge is 0.144 e. The first kappa shape index (κ1) is 11.0. The predicted molar refractivity (Wildman–Crippen MR) is 65.8 cm³/mol. The van der Waals surface area contributed by atoms with Gasteiger partial charge in [-0.1, -0.05) is 6.42 Å². The molecule has 1 N–H and O–H groups in total. The summed E-state index contributed by atoms with van der Waals surface area (Å²) in [6.07, 6.45) is 10.7. The van der Waals surface area contributed by atoms with Crippen LogP contribution < -0.4 is 5.32 Å². The Morgan fingerprint density at radius 1 is 1.47 bits per heavy atom. The molecule has 0 amide bonds. The Morgan fingerprint density at radius 3 is 2.94 bits per heavy atom. The number of nitrogens with zero attached hydrogens (tertiary/aromatic N) is 2. The molecule has 4 heteroatoms. The fourth-order valence-corrected chi connectivity index (χ4v) is 3.19. The van der Waals surface area contributed by atoms with Gasteiger partial charge in [-0.05, 0) is 26.2 Å². The van der Waals surface area contributed by atoms with E-state index in [0.29, 0.717) is 17.6 Å². The summed E-state index contributed by atoms with van der Waals surface area (Å²) in [7, 11) is 0. The van der Waals surface area contributed by atoms with Gasteiger partial charge in [0.05, 0.1) is 12.3 Å². The molecule has 2 aliphatic rings. The van der Waals surface area contributed by atoms with E-state index in [1.807, 2.05) is 0 Å². The van der Waals surface area contributed by atoms with Crippen LogP contribution in [0.15, 0.2) is 18.6 Å². The van der Waals surface area contributed by atoms with Crippen LogP contribution >= 0.6 is 0 Å². The van der Waals surface area contributed by atoms with Crippen LogP contribution in [0.25, 0.3) is 0 Å². The number of ether oxygens (including phenoxy) is 1. The Kier molecular flexibility index (Phi) is 2.74. The van der Waals surface area contributed by atoms with Crippen LogP contribution in [0.3, 0.4) is 0 Å². The van der Waals surface area contributed by atoms with E-state index in [9.17, 15) is 0 Å². The van der Waals surface area contributed by atoms with Gasteiger partial charge in [0.2, 0.25) is 0 Å². The molecule has 2 atom stereocenters. The van der Waals surface area contributed by atoms with Crippen molar-refractivity contribution >= 4 is 5.82 Å². The Hall–Kier alpha value is -1.16. The van der Waals surface area contributed by atoms with Gasteiger partial charge < -0.3 is 10.1 Å². The van der Waals surface area contributed by atoms with Crippen LogP contribution in [-0.4, -0.2) is 28.7 Å². The van der Waals surface area contributed by atoms with Crippen molar-refractivity contribution in [3.05, 3.63) is 18.6 Å². The first-order chi connectivity index (χ1) is 8.35. The minimum Gasteiger partial charge on any atom is -0.378 e. The van der Waals surface area contributed by atoms with Gasteiger partial charge in [0.25, 0.3) is 0 Å². The maximum atomic E-state index is 5.83. The van der Waals surface area contributed by atoms with Gasteiger partial charge in [0.15, 0.2) is 0 Å². The van der Waals surface area contributed by atoms with E-state index in [0.717, 1.165) is 18.8 Å². The third-order valence-corrected chi connectivity index (χ3v) is 4.32. The van der Waals surface area contributed by atoms with E-state index in [2.05, 4.69) is 22.2 Å². The molecule has 92 valence electrons. The topological polar surface area (TPSA) is 47.0 Å². The van der Waals surface area contributed by atoms with Crippen LogP contribution in [0.4, 0.5) is 5.82 Å². The van der Waals surface area contributed by atoms with E-state index in [1.165, 1.54) is 19.3 Å². The molecule has 0 unspecified atom stereocenters. The molecule has 4 nitrogen and oxygen atoms in total. The molecule has 2 fully saturated rings. The van der Waals surface area contributed by atoms with Crippen molar-refractivity contribution in [2.45, 2.75) is 44.8 Å². The largest absolute Gasteiger partial charge is 0.378 e. The van der Waals surface area contributed by atoms with Crippen molar-refractivity contribution < 1.29 is 4.74 Å². The van der Waals surface area contributed by atoms with Crippen LogP contribution in [0.5, 0.6) is 0 Å². The molecule has 0 saturated heterocycles. The van der Waals surface area contributed by atoms with Gasteiger partial charge in [-0.15, -0.1) is 0 Å². The van der Waals surface area contributed by atoms with Gasteiger partial charge in [-0.2, -0.15) is 0 Å². The number of hydrogen-bond acceptors (Lipinski definition) is 4. The number of aromatic nitrogens is 2. The fourth-order valence-electron chi connectivity index (χ4n) is 3.19. The van der Waals surface area contributed by atoms with Crippen LogP contribution in [-0.2, 0) is 4.74 Å². The fraction of sp³-hybridized carbons (Fsp3) is 0.692. The molecule has 0 radical (unpaired) electrons. The molecular weight excluding hydrogens is 214 g/mol. The highest BCUT2D eigenvalue weighted by Gasteiger charge is 2.58. The second-order valence-corrected chi connectivity index (χ2v) is 5.05. The number of anilines is 1. The predicted octanol–water partition coefficient (Wildman–Crippen LogP) is 2.24. The Bertz CT molecular complexity index is 378. The molecule has 0 aliphatic heterocycles. The van der Waals surface area contributed by atoms with Gasteiger partial charge in [-0.25, -0.2) is 4.98 Å². The summed E-state index contributed by atoms with van der Waals surface area (Å²) in [4.78, 5) is 8.37. The molecule has 17 heavy (non-hydrogen) atoms. The zero-order valence-corrected chi connectivity index (χ0v) is 10.2. The lowest BCUT2D eigenvalue weighted by Gasteiger charge is -2.61. The molecule has 1 aromatic heterocycles. The lowest BCUT2D eigenvalue weighted by Crippen LogP contribution is -2.64. The lowest BCUT2D eigenvalue weighted by atomic mass is 9.51. The summed E-state index contributed by atoms with van der Waals surface area (Å²) in [6, 6.07) is 0.518. The highest BCUT2D eigenvalue weighted by Crippen LogP contribution is 2.57. The zero-order valence-electron chi connectivity index (χ0n) is 10.2. The maximum Gasteiger partial charge on any atom is 0.144 e. The molecule has 2 aliphatic carbocycles. The summed E-state index contributed by atoms with van der Waals surface area (Å²) in [5, 5.41) is 3.51. The van der Waals surface area contributed by atoms with Crippen molar-refractivity contribution in [2.75, 3.05) is 11.9 Å². The summed E-state index contributed by atoms with van der Waals surface area (Å²) >= 11 is 0. The van der Waals surface area contributed by atoms with E-state index < -0.39 is 0 Å². The quantitative estimate of drug-likeness (QED) is 0.866. The molecule has 0 bridgehead atoms.